The summed E-state index contributed by atoms with van der Waals surface area (Å²) in [7, 11) is 0. The van der Waals surface area contributed by atoms with Crippen LogP contribution in [-0.2, 0) is 9.53 Å². The Labute approximate surface area is 104 Å². The minimum atomic E-state index is -0.913. The molecule has 7 heteroatoms. The second kappa shape index (κ2) is 4.95. The first kappa shape index (κ1) is 12.2. The van der Waals surface area contributed by atoms with E-state index in [4.69, 9.17) is 22.1 Å². The SMILES string of the molecule is NC1(C(=O)Nc2nccc(Cl)n2)CCOCC1. The van der Waals surface area contributed by atoms with E-state index >= 15 is 0 Å². The highest BCUT2D eigenvalue weighted by molar-refractivity contribution is 6.29. The number of nitrogens with zero attached hydrogens (tertiary/aromatic N) is 2. The number of hydrogen-bond donors (Lipinski definition) is 2. The molecule has 17 heavy (non-hydrogen) atoms. The van der Waals surface area contributed by atoms with Gasteiger partial charge in [-0.05, 0) is 18.9 Å². The third-order valence-corrected chi connectivity index (χ3v) is 2.89. The van der Waals surface area contributed by atoms with Crippen molar-refractivity contribution in [3.8, 4) is 0 Å². The molecule has 1 aromatic rings. The summed E-state index contributed by atoms with van der Waals surface area (Å²) in [6, 6.07) is 1.53. The first-order valence-electron chi connectivity index (χ1n) is 5.27. The Bertz CT molecular complexity index is 421. The zero-order valence-electron chi connectivity index (χ0n) is 9.15. The summed E-state index contributed by atoms with van der Waals surface area (Å²) in [5, 5.41) is 2.84. The van der Waals surface area contributed by atoms with E-state index in [0.29, 0.717) is 26.1 Å². The van der Waals surface area contributed by atoms with Crippen molar-refractivity contribution in [2.75, 3.05) is 18.5 Å². The maximum absolute atomic E-state index is 12.0. The summed E-state index contributed by atoms with van der Waals surface area (Å²) >= 11 is 5.70. The lowest BCUT2D eigenvalue weighted by Crippen LogP contribution is -2.54. The Morgan fingerprint density at radius 2 is 2.24 bits per heavy atom. The first-order valence-corrected chi connectivity index (χ1v) is 5.65. The minimum Gasteiger partial charge on any atom is -0.381 e. The summed E-state index contributed by atoms with van der Waals surface area (Å²) in [4.78, 5) is 19.8. The topological polar surface area (TPSA) is 90.1 Å². The van der Waals surface area contributed by atoms with Gasteiger partial charge in [-0.1, -0.05) is 11.6 Å². The third kappa shape index (κ3) is 2.91. The lowest BCUT2D eigenvalue weighted by atomic mass is 9.90. The number of nitrogens with two attached hydrogens (primary N) is 1. The van der Waals surface area contributed by atoms with Crippen LogP contribution in [0.2, 0.25) is 5.15 Å². The van der Waals surface area contributed by atoms with E-state index in [1.165, 1.54) is 12.3 Å². The van der Waals surface area contributed by atoms with E-state index in [1.54, 1.807) is 0 Å². The van der Waals surface area contributed by atoms with Gasteiger partial charge in [-0.15, -0.1) is 0 Å². The molecular formula is C10H13ClN4O2. The highest BCUT2D eigenvalue weighted by atomic mass is 35.5. The number of aromatic nitrogens is 2. The average molecular weight is 257 g/mol. The standard InChI is InChI=1S/C10H13ClN4O2/c11-7-1-4-13-9(14-7)15-8(16)10(12)2-5-17-6-3-10/h1,4H,2-3,5-6,12H2,(H,13,14,15,16). The van der Waals surface area contributed by atoms with Gasteiger partial charge in [-0.25, -0.2) is 9.97 Å². The van der Waals surface area contributed by atoms with Crippen molar-refractivity contribution >= 4 is 23.5 Å². The molecule has 92 valence electrons. The van der Waals surface area contributed by atoms with Crippen LogP contribution in [0.4, 0.5) is 5.95 Å². The second-order valence-electron chi connectivity index (χ2n) is 3.93. The van der Waals surface area contributed by atoms with Crippen molar-refractivity contribution in [2.45, 2.75) is 18.4 Å². The molecule has 0 aromatic carbocycles. The van der Waals surface area contributed by atoms with Crippen LogP contribution in [0.25, 0.3) is 0 Å². The molecule has 0 radical (unpaired) electrons. The van der Waals surface area contributed by atoms with Crippen molar-refractivity contribution in [3.63, 3.8) is 0 Å². The Kier molecular flexibility index (Phi) is 3.56. The average Bonchev–Trinajstić information content (AvgIpc) is 2.30. The van der Waals surface area contributed by atoms with Crippen LogP contribution < -0.4 is 11.1 Å². The fourth-order valence-electron chi connectivity index (χ4n) is 1.59. The Hall–Kier alpha value is -1.24. The fraction of sp³-hybridized carbons (Fsp3) is 0.500. The van der Waals surface area contributed by atoms with Crippen LogP contribution in [-0.4, -0.2) is 34.6 Å². The van der Waals surface area contributed by atoms with E-state index in [2.05, 4.69) is 15.3 Å². The lowest BCUT2D eigenvalue weighted by Gasteiger charge is -2.31. The van der Waals surface area contributed by atoms with Crippen LogP contribution in [0.15, 0.2) is 12.3 Å². The zero-order valence-corrected chi connectivity index (χ0v) is 9.91. The van der Waals surface area contributed by atoms with Crippen molar-refractivity contribution < 1.29 is 9.53 Å². The Balaban J connectivity index is 2.05. The minimum absolute atomic E-state index is 0.166. The summed E-state index contributed by atoms with van der Waals surface area (Å²) in [5.74, 6) is -0.137. The van der Waals surface area contributed by atoms with Gasteiger partial charge >= 0.3 is 0 Å². The molecular weight excluding hydrogens is 244 g/mol. The number of ether oxygens (including phenoxy) is 1. The van der Waals surface area contributed by atoms with Gasteiger partial charge < -0.3 is 10.5 Å². The smallest absolute Gasteiger partial charge is 0.246 e. The number of nitrogens with one attached hydrogen (secondary N) is 1. The molecule has 3 N–H and O–H groups in total. The molecule has 0 aliphatic carbocycles. The number of halogens is 1. The van der Waals surface area contributed by atoms with E-state index in [9.17, 15) is 4.79 Å². The predicted octanol–water partition coefficient (Wildman–Crippen LogP) is 0.576. The molecule has 0 saturated carbocycles. The largest absolute Gasteiger partial charge is 0.381 e. The summed E-state index contributed by atoms with van der Waals surface area (Å²) in [5.41, 5.74) is 5.10. The normalized spacial score (nSPS) is 18.7. The molecule has 1 aromatic heterocycles. The maximum Gasteiger partial charge on any atom is 0.246 e. The van der Waals surface area contributed by atoms with Gasteiger partial charge in [0.25, 0.3) is 0 Å². The van der Waals surface area contributed by atoms with Crippen molar-refractivity contribution in [1.82, 2.24) is 9.97 Å². The molecule has 1 aliphatic rings. The summed E-state index contributed by atoms with van der Waals surface area (Å²) in [6.45, 7) is 0.973. The number of amides is 1. The van der Waals surface area contributed by atoms with Gasteiger partial charge in [-0.2, -0.15) is 0 Å². The maximum atomic E-state index is 12.0. The number of anilines is 1. The Morgan fingerprint density at radius 3 is 2.88 bits per heavy atom. The number of rotatable bonds is 2. The lowest BCUT2D eigenvalue weighted by molar-refractivity contribution is -0.124. The molecule has 0 atom stereocenters. The fourth-order valence-corrected chi connectivity index (χ4v) is 1.72. The highest BCUT2D eigenvalue weighted by Crippen LogP contribution is 2.19. The van der Waals surface area contributed by atoms with Crippen molar-refractivity contribution in [1.29, 1.82) is 0 Å². The van der Waals surface area contributed by atoms with Gasteiger partial charge in [0.1, 0.15) is 10.7 Å². The van der Waals surface area contributed by atoms with Crippen LogP contribution in [0.3, 0.4) is 0 Å². The van der Waals surface area contributed by atoms with Crippen LogP contribution >= 0.6 is 11.6 Å². The first-order chi connectivity index (χ1) is 8.10. The van der Waals surface area contributed by atoms with Crippen molar-refractivity contribution in [2.24, 2.45) is 5.73 Å². The molecule has 0 spiro atoms. The molecule has 1 saturated heterocycles. The van der Waals surface area contributed by atoms with E-state index < -0.39 is 5.54 Å². The van der Waals surface area contributed by atoms with Crippen molar-refractivity contribution in [3.05, 3.63) is 17.4 Å². The van der Waals surface area contributed by atoms with Crippen LogP contribution in [0, 0.1) is 0 Å². The predicted molar refractivity (Wildman–Crippen MR) is 62.6 cm³/mol. The summed E-state index contributed by atoms with van der Waals surface area (Å²) in [6.07, 6.45) is 2.44. The molecule has 0 bridgehead atoms. The van der Waals surface area contributed by atoms with Gasteiger partial charge in [0.2, 0.25) is 11.9 Å². The Morgan fingerprint density at radius 1 is 1.53 bits per heavy atom. The van der Waals surface area contributed by atoms with E-state index in [-0.39, 0.29) is 17.0 Å². The molecule has 2 rings (SSSR count). The molecule has 1 fully saturated rings. The second-order valence-corrected chi connectivity index (χ2v) is 4.31. The van der Waals surface area contributed by atoms with Crippen LogP contribution in [0.5, 0.6) is 0 Å². The third-order valence-electron chi connectivity index (χ3n) is 2.68. The molecule has 1 amide bonds. The molecule has 6 nitrogen and oxygen atoms in total. The molecule has 0 unspecified atom stereocenters. The van der Waals surface area contributed by atoms with Gasteiger partial charge in [0, 0.05) is 19.4 Å². The molecule has 2 heterocycles. The number of carbonyl (C=O) groups is 1. The highest BCUT2D eigenvalue weighted by Gasteiger charge is 2.36. The van der Waals surface area contributed by atoms with Crippen LogP contribution in [0.1, 0.15) is 12.8 Å². The van der Waals surface area contributed by atoms with Gasteiger partial charge in [-0.3, -0.25) is 10.1 Å². The number of hydrogen-bond acceptors (Lipinski definition) is 5. The number of carbonyl (C=O) groups excluding carboxylic acids is 1. The molecule has 1 aliphatic heterocycles. The monoisotopic (exact) mass is 256 g/mol. The quantitative estimate of drug-likeness (QED) is 0.756. The van der Waals surface area contributed by atoms with E-state index in [1.807, 2.05) is 0 Å². The summed E-state index contributed by atoms with van der Waals surface area (Å²) < 4.78 is 5.17. The zero-order chi connectivity index (χ0) is 12.3. The van der Waals surface area contributed by atoms with Gasteiger partial charge in [0.05, 0.1) is 0 Å². The van der Waals surface area contributed by atoms with Gasteiger partial charge in [0.15, 0.2) is 0 Å². The van der Waals surface area contributed by atoms with E-state index in [0.717, 1.165) is 0 Å².